The summed E-state index contributed by atoms with van der Waals surface area (Å²) in [5, 5.41) is 4.53. The van der Waals surface area contributed by atoms with Crippen LogP contribution < -0.4 is 10.1 Å². The molecule has 4 heterocycles. The first-order valence-corrected chi connectivity index (χ1v) is 11.1. The molecule has 2 aliphatic rings. The number of nitrogens with one attached hydrogen (secondary N) is 1. The minimum atomic E-state index is 0.333. The average molecular weight is 395 g/mol. The summed E-state index contributed by atoms with van der Waals surface area (Å²) in [6.45, 7) is 4.38. The number of benzene rings is 1. The van der Waals surface area contributed by atoms with Gasteiger partial charge in [-0.1, -0.05) is 29.5 Å². The van der Waals surface area contributed by atoms with Crippen LogP contribution in [0.25, 0.3) is 10.3 Å². The minimum Gasteiger partial charge on any atom is -0.489 e. The number of fused-ring (bicyclic) bond motifs is 2. The first kappa shape index (κ1) is 17.9. The van der Waals surface area contributed by atoms with Gasteiger partial charge in [0, 0.05) is 19.3 Å². The highest BCUT2D eigenvalue weighted by Crippen LogP contribution is 2.29. The molecule has 2 aliphatic heterocycles. The van der Waals surface area contributed by atoms with E-state index < -0.39 is 0 Å². The van der Waals surface area contributed by atoms with Gasteiger partial charge in [-0.3, -0.25) is 4.90 Å². The number of aromatic nitrogens is 2. The first-order chi connectivity index (χ1) is 13.8. The predicted molar refractivity (Wildman–Crippen MR) is 114 cm³/mol. The van der Waals surface area contributed by atoms with Crippen molar-refractivity contribution in [2.24, 2.45) is 5.92 Å². The fourth-order valence-electron chi connectivity index (χ4n) is 4.25. The van der Waals surface area contributed by atoms with Gasteiger partial charge in [-0.2, -0.15) is 0 Å². The highest BCUT2D eigenvalue weighted by atomic mass is 32.1. The van der Waals surface area contributed by atoms with Gasteiger partial charge in [0.25, 0.3) is 0 Å². The van der Waals surface area contributed by atoms with Crippen molar-refractivity contribution in [2.45, 2.75) is 31.8 Å². The van der Waals surface area contributed by atoms with Crippen LogP contribution in [0, 0.1) is 5.92 Å². The van der Waals surface area contributed by atoms with Gasteiger partial charge < -0.3 is 10.1 Å². The molecule has 0 aliphatic carbocycles. The van der Waals surface area contributed by atoms with E-state index in [-0.39, 0.29) is 0 Å². The standard InChI is InChI=1S/C22H26N4OS/c1-2-6-20-17(4-1)7-8-18(27-20)15-26-12-9-16(10-13-26)14-24-22-25-19-5-3-11-23-21(19)28-22/h1-6,11,16,18H,7-10,12-15H2,(H,24,25). The molecule has 1 fully saturated rings. The lowest BCUT2D eigenvalue weighted by atomic mass is 9.96. The van der Waals surface area contributed by atoms with Crippen LogP contribution in [0.1, 0.15) is 24.8 Å². The Bertz CT molecular complexity index is 902. The smallest absolute Gasteiger partial charge is 0.185 e. The Morgan fingerprint density at radius 2 is 2.00 bits per heavy atom. The molecule has 1 N–H and O–H groups in total. The molecule has 1 saturated heterocycles. The zero-order valence-electron chi connectivity index (χ0n) is 16.0. The Hall–Kier alpha value is -2.18. The number of anilines is 1. The number of hydrogen-bond donors (Lipinski definition) is 1. The number of likely N-dealkylation sites (tertiary alicyclic amines) is 1. The van der Waals surface area contributed by atoms with Crippen LogP contribution in [0.15, 0.2) is 42.6 Å². The molecule has 28 heavy (non-hydrogen) atoms. The molecule has 146 valence electrons. The van der Waals surface area contributed by atoms with Crippen molar-refractivity contribution >= 4 is 26.8 Å². The van der Waals surface area contributed by atoms with E-state index in [9.17, 15) is 0 Å². The molecule has 5 rings (SSSR count). The van der Waals surface area contributed by atoms with Crippen LogP contribution in [-0.2, 0) is 6.42 Å². The van der Waals surface area contributed by atoms with Gasteiger partial charge >= 0.3 is 0 Å². The Labute approximate surface area is 169 Å². The molecular formula is C22H26N4OS. The van der Waals surface area contributed by atoms with Crippen molar-refractivity contribution in [1.82, 2.24) is 14.9 Å². The number of para-hydroxylation sites is 1. The maximum absolute atomic E-state index is 6.23. The molecule has 0 amide bonds. The number of thiazole rings is 1. The van der Waals surface area contributed by atoms with Crippen molar-refractivity contribution in [1.29, 1.82) is 0 Å². The van der Waals surface area contributed by atoms with Crippen LogP contribution in [0.3, 0.4) is 0 Å². The molecule has 1 aromatic carbocycles. The van der Waals surface area contributed by atoms with Gasteiger partial charge in [0.1, 0.15) is 22.2 Å². The largest absolute Gasteiger partial charge is 0.489 e. The summed E-state index contributed by atoms with van der Waals surface area (Å²) in [4.78, 5) is 12.6. The third-order valence-electron chi connectivity index (χ3n) is 5.88. The average Bonchev–Trinajstić information content (AvgIpc) is 3.16. The van der Waals surface area contributed by atoms with E-state index in [1.54, 1.807) is 11.3 Å². The van der Waals surface area contributed by atoms with E-state index in [4.69, 9.17) is 4.74 Å². The zero-order valence-corrected chi connectivity index (χ0v) is 16.8. The van der Waals surface area contributed by atoms with Gasteiger partial charge in [0.15, 0.2) is 5.13 Å². The normalized spacial score (nSPS) is 20.6. The molecule has 6 heteroatoms. The fourth-order valence-corrected chi connectivity index (χ4v) is 5.06. The third kappa shape index (κ3) is 3.98. The number of ether oxygens (including phenoxy) is 1. The number of aryl methyl sites for hydroxylation is 1. The molecule has 1 unspecified atom stereocenters. The number of hydrogen-bond acceptors (Lipinski definition) is 6. The third-order valence-corrected chi connectivity index (χ3v) is 6.82. The monoisotopic (exact) mass is 394 g/mol. The van der Waals surface area contributed by atoms with E-state index >= 15 is 0 Å². The summed E-state index contributed by atoms with van der Waals surface area (Å²) in [5.41, 5.74) is 2.34. The molecule has 0 bridgehead atoms. The number of rotatable bonds is 5. The molecule has 3 aromatic rings. The van der Waals surface area contributed by atoms with E-state index in [2.05, 4.69) is 44.5 Å². The summed E-state index contributed by atoms with van der Waals surface area (Å²) in [5.74, 6) is 1.80. The summed E-state index contributed by atoms with van der Waals surface area (Å²) >= 11 is 1.64. The number of pyridine rings is 1. The van der Waals surface area contributed by atoms with E-state index in [1.807, 2.05) is 18.3 Å². The number of nitrogens with zero attached hydrogens (tertiary/aromatic N) is 3. The van der Waals surface area contributed by atoms with Crippen LogP contribution in [0.4, 0.5) is 5.13 Å². The van der Waals surface area contributed by atoms with Crippen molar-refractivity contribution < 1.29 is 4.74 Å². The van der Waals surface area contributed by atoms with Gasteiger partial charge in [0.05, 0.1) is 0 Å². The second kappa shape index (κ2) is 8.05. The zero-order chi connectivity index (χ0) is 18.8. The van der Waals surface area contributed by atoms with Gasteiger partial charge in [0.2, 0.25) is 0 Å². The highest BCUT2D eigenvalue weighted by Gasteiger charge is 2.25. The highest BCUT2D eigenvalue weighted by molar-refractivity contribution is 7.21. The SMILES string of the molecule is c1ccc2c(c1)CCC(CN1CCC(CNc3nc4cccnc4s3)CC1)O2. The van der Waals surface area contributed by atoms with E-state index in [0.717, 1.165) is 60.2 Å². The van der Waals surface area contributed by atoms with Crippen LogP contribution in [-0.4, -0.2) is 47.2 Å². The van der Waals surface area contributed by atoms with Crippen LogP contribution in [0.5, 0.6) is 5.75 Å². The molecule has 5 nitrogen and oxygen atoms in total. The maximum atomic E-state index is 6.23. The van der Waals surface area contributed by atoms with Gasteiger partial charge in [-0.05, 0) is 68.5 Å². The Kier molecular flexibility index (Phi) is 5.14. The first-order valence-electron chi connectivity index (χ1n) is 10.3. The Morgan fingerprint density at radius 3 is 2.89 bits per heavy atom. The quantitative estimate of drug-likeness (QED) is 0.703. The predicted octanol–water partition coefficient (Wildman–Crippen LogP) is 4.21. The topological polar surface area (TPSA) is 50.3 Å². The molecule has 0 radical (unpaired) electrons. The van der Waals surface area contributed by atoms with E-state index in [1.165, 1.54) is 18.4 Å². The lowest BCUT2D eigenvalue weighted by Gasteiger charge is -2.35. The maximum Gasteiger partial charge on any atom is 0.185 e. The van der Waals surface area contributed by atoms with Crippen molar-refractivity contribution in [2.75, 3.05) is 31.5 Å². The molecule has 2 aromatic heterocycles. The summed E-state index contributed by atoms with van der Waals surface area (Å²) in [6, 6.07) is 12.4. The fraction of sp³-hybridized carbons (Fsp3) is 0.455. The molecule has 0 saturated carbocycles. The summed E-state index contributed by atoms with van der Waals surface area (Å²) < 4.78 is 6.23. The second-order valence-corrected chi connectivity index (χ2v) is 8.84. The van der Waals surface area contributed by atoms with E-state index in [0.29, 0.717) is 12.0 Å². The summed E-state index contributed by atoms with van der Waals surface area (Å²) in [7, 11) is 0. The number of piperidine rings is 1. The van der Waals surface area contributed by atoms with Crippen molar-refractivity contribution in [3.8, 4) is 5.75 Å². The van der Waals surface area contributed by atoms with Crippen molar-refractivity contribution in [3.63, 3.8) is 0 Å². The van der Waals surface area contributed by atoms with Crippen LogP contribution >= 0.6 is 11.3 Å². The van der Waals surface area contributed by atoms with Gasteiger partial charge in [-0.15, -0.1) is 0 Å². The molecule has 0 spiro atoms. The molecule has 1 atom stereocenters. The van der Waals surface area contributed by atoms with Crippen LogP contribution in [0.2, 0.25) is 0 Å². The molecular weight excluding hydrogens is 368 g/mol. The lowest BCUT2D eigenvalue weighted by molar-refractivity contribution is 0.0928. The van der Waals surface area contributed by atoms with Gasteiger partial charge in [-0.25, -0.2) is 9.97 Å². The van der Waals surface area contributed by atoms with Crippen molar-refractivity contribution in [3.05, 3.63) is 48.2 Å². The Morgan fingerprint density at radius 1 is 1.11 bits per heavy atom. The second-order valence-electron chi connectivity index (χ2n) is 7.86. The summed E-state index contributed by atoms with van der Waals surface area (Å²) in [6.07, 6.45) is 6.90. The Balaban J connectivity index is 1.08. The lowest BCUT2D eigenvalue weighted by Crippen LogP contribution is -2.42. The minimum absolute atomic E-state index is 0.333.